The quantitative estimate of drug-likeness (QED) is 0.756. The van der Waals surface area contributed by atoms with Crippen LogP contribution < -0.4 is 10.6 Å². The molecule has 0 saturated carbocycles. The highest BCUT2D eigenvalue weighted by atomic mass is 15.3. The third kappa shape index (κ3) is 2.12. The summed E-state index contributed by atoms with van der Waals surface area (Å²) in [6.45, 7) is 8.46. The maximum Gasteiger partial charge on any atom is 0.128 e. The largest absolute Gasteiger partial charge is 0.353 e. The molecule has 1 aromatic rings. The fourth-order valence-corrected chi connectivity index (χ4v) is 1.72. The number of aromatic nitrogens is 1. The maximum absolute atomic E-state index is 5.74. The van der Waals surface area contributed by atoms with Gasteiger partial charge in [0, 0.05) is 25.3 Å². The second-order valence-electron chi connectivity index (χ2n) is 5.32. The molecule has 1 aliphatic rings. The molecule has 2 N–H and O–H groups in total. The van der Waals surface area contributed by atoms with Crippen molar-refractivity contribution in [3.8, 4) is 0 Å². The van der Waals surface area contributed by atoms with E-state index in [1.54, 1.807) is 0 Å². The second kappa shape index (κ2) is 3.49. The number of anilines is 1. The van der Waals surface area contributed by atoms with E-state index < -0.39 is 0 Å². The van der Waals surface area contributed by atoms with Crippen LogP contribution in [0, 0.1) is 0 Å². The van der Waals surface area contributed by atoms with Gasteiger partial charge >= 0.3 is 0 Å². The van der Waals surface area contributed by atoms with Gasteiger partial charge in [0.15, 0.2) is 0 Å². The molecule has 2 rings (SSSR count). The predicted octanol–water partition coefficient (Wildman–Crippen LogP) is 1.53. The first-order chi connectivity index (χ1) is 6.97. The lowest BCUT2D eigenvalue weighted by atomic mass is 9.88. The monoisotopic (exact) mass is 205 g/mol. The van der Waals surface area contributed by atoms with Crippen molar-refractivity contribution >= 4 is 5.82 Å². The molecule has 0 unspecified atom stereocenters. The van der Waals surface area contributed by atoms with Crippen LogP contribution in [-0.4, -0.2) is 24.1 Å². The van der Waals surface area contributed by atoms with Crippen LogP contribution in [-0.2, 0) is 5.41 Å². The van der Waals surface area contributed by atoms with E-state index in [9.17, 15) is 0 Å². The van der Waals surface area contributed by atoms with Crippen LogP contribution in [0.3, 0.4) is 0 Å². The Morgan fingerprint density at radius 1 is 1.33 bits per heavy atom. The molecule has 0 bridgehead atoms. The van der Waals surface area contributed by atoms with Crippen molar-refractivity contribution in [1.82, 2.24) is 4.98 Å². The Labute approximate surface area is 91.3 Å². The highest BCUT2D eigenvalue weighted by Gasteiger charge is 2.24. The van der Waals surface area contributed by atoms with Gasteiger partial charge in [-0.25, -0.2) is 4.98 Å². The Morgan fingerprint density at radius 3 is 2.40 bits per heavy atom. The molecule has 15 heavy (non-hydrogen) atoms. The van der Waals surface area contributed by atoms with E-state index in [1.165, 1.54) is 5.56 Å². The second-order valence-corrected chi connectivity index (χ2v) is 5.32. The van der Waals surface area contributed by atoms with E-state index in [0.717, 1.165) is 18.9 Å². The molecule has 1 aromatic heterocycles. The molecule has 82 valence electrons. The normalized spacial score (nSPS) is 17.7. The molecule has 2 heterocycles. The predicted molar refractivity (Wildman–Crippen MR) is 63.1 cm³/mol. The zero-order chi connectivity index (χ0) is 11.1. The molecule has 1 saturated heterocycles. The minimum atomic E-state index is 0.177. The minimum absolute atomic E-state index is 0.177. The highest BCUT2D eigenvalue weighted by Crippen LogP contribution is 2.24. The molecule has 3 nitrogen and oxygen atoms in total. The van der Waals surface area contributed by atoms with Crippen molar-refractivity contribution < 1.29 is 0 Å². The number of pyridine rings is 1. The zero-order valence-electron chi connectivity index (χ0n) is 9.70. The van der Waals surface area contributed by atoms with Crippen LogP contribution in [0.4, 0.5) is 5.82 Å². The Balaban J connectivity index is 2.11. The van der Waals surface area contributed by atoms with E-state index in [-0.39, 0.29) is 5.41 Å². The molecule has 1 aliphatic heterocycles. The molecule has 3 heteroatoms. The third-order valence-corrected chi connectivity index (χ3v) is 2.85. The van der Waals surface area contributed by atoms with Gasteiger partial charge in [0.05, 0.1) is 0 Å². The van der Waals surface area contributed by atoms with E-state index in [2.05, 4.69) is 42.8 Å². The summed E-state index contributed by atoms with van der Waals surface area (Å²) >= 11 is 0. The Bertz CT molecular complexity index is 331. The standard InChI is InChI=1S/C12H19N3/c1-12(2,3)9-4-5-11(14-6-9)15-7-10(13)8-15/h4-6,10H,7-8,13H2,1-3H3. The molecule has 0 radical (unpaired) electrons. The van der Waals surface area contributed by atoms with Crippen molar-refractivity contribution in [2.24, 2.45) is 5.73 Å². The summed E-state index contributed by atoms with van der Waals surface area (Å²) in [6, 6.07) is 4.58. The molecule has 1 fully saturated rings. The topological polar surface area (TPSA) is 42.1 Å². The van der Waals surface area contributed by atoms with Gasteiger partial charge in [-0.05, 0) is 17.0 Å². The summed E-state index contributed by atoms with van der Waals surface area (Å²) in [7, 11) is 0. The van der Waals surface area contributed by atoms with Crippen LogP contribution >= 0.6 is 0 Å². The third-order valence-electron chi connectivity index (χ3n) is 2.85. The summed E-state index contributed by atoms with van der Waals surface area (Å²) in [4.78, 5) is 6.68. The van der Waals surface area contributed by atoms with Gasteiger partial charge < -0.3 is 10.6 Å². The molecule has 0 amide bonds. The van der Waals surface area contributed by atoms with Gasteiger partial charge in [0.25, 0.3) is 0 Å². The van der Waals surface area contributed by atoms with Gasteiger partial charge in [-0.2, -0.15) is 0 Å². The number of nitrogens with two attached hydrogens (primary N) is 1. The van der Waals surface area contributed by atoms with Gasteiger partial charge in [-0.1, -0.05) is 26.8 Å². The molecule has 0 aliphatic carbocycles. The van der Waals surface area contributed by atoms with Crippen molar-refractivity contribution in [1.29, 1.82) is 0 Å². The number of hydrogen-bond donors (Lipinski definition) is 1. The lowest BCUT2D eigenvalue weighted by Gasteiger charge is -2.38. The van der Waals surface area contributed by atoms with Crippen LogP contribution in [0.15, 0.2) is 18.3 Å². The van der Waals surface area contributed by atoms with E-state index in [1.807, 2.05) is 6.20 Å². The number of nitrogens with zero attached hydrogens (tertiary/aromatic N) is 2. The highest BCUT2D eigenvalue weighted by molar-refractivity contribution is 5.43. The summed E-state index contributed by atoms with van der Waals surface area (Å²) in [6.07, 6.45) is 1.97. The molecule has 0 aromatic carbocycles. The fourth-order valence-electron chi connectivity index (χ4n) is 1.72. The van der Waals surface area contributed by atoms with E-state index in [0.29, 0.717) is 6.04 Å². The molecule has 0 atom stereocenters. The van der Waals surface area contributed by atoms with Crippen molar-refractivity contribution in [2.45, 2.75) is 32.2 Å². The van der Waals surface area contributed by atoms with Crippen molar-refractivity contribution in [3.05, 3.63) is 23.9 Å². The molecular formula is C12H19N3. The average Bonchev–Trinajstić information content (AvgIpc) is 2.12. The van der Waals surface area contributed by atoms with E-state index in [4.69, 9.17) is 5.73 Å². The Hall–Kier alpha value is -1.09. The smallest absolute Gasteiger partial charge is 0.128 e. The average molecular weight is 205 g/mol. The van der Waals surface area contributed by atoms with Crippen LogP contribution in [0.25, 0.3) is 0 Å². The van der Waals surface area contributed by atoms with E-state index >= 15 is 0 Å². The van der Waals surface area contributed by atoms with Crippen LogP contribution in [0.2, 0.25) is 0 Å². The number of hydrogen-bond acceptors (Lipinski definition) is 3. The Morgan fingerprint density at radius 2 is 2.00 bits per heavy atom. The lowest BCUT2D eigenvalue weighted by molar-refractivity contribution is 0.513. The number of rotatable bonds is 1. The first kappa shape index (κ1) is 10.4. The summed E-state index contributed by atoms with van der Waals surface area (Å²) < 4.78 is 0. The summed E-state index contributed by atoms with van der Waals surface area (Å²) in [5.74, 6) is 1.05. The molecular weight excluding hydrogens is 186 g/mol. The van der Waals surface area contributed by atoms with Crippen LogP contribution in [0.5, 0.6) is 0 Å². The lowest BCUT2D eigenvalue weighted by Crippen LogP contribution is -2.56. The SMILES string of the molecule is CC(C)(C)c1ccc(N2CC(N)C2)nc1. The summed E-state index contributed by atoms with van der Waals surface area (Å²) in [5.41, 5.74) is 7.19. The van der Waals surface area contributed by atoms with Gasteiger partial charge in [0.1, 0.15) is 5.82 Å². The van der Waals surface area contributed by atoms with Crippen LogP contribution in [0.1, 0.15) is 26.3 Å². The Kier molecular flexibility index (Phi) is 2.43. The van der Waals surface area contributed by atoms with Crippen molar-refractivity contribution in [3.63, 3.8) is 0 Å². The zero-order valence-corrected chi connectivity index (χ0v) is 9.70. The van der Waals surface area contributed by atoms with Gasteiger partial charge in [0.2, 0.25) is 0 Å². The first-order valence-electron chi connectivity index (χ1n) is 5.44. The summed E-state index contributed by atoms with van der Waals surface area (Å²) in [5, 5.41) is 0. The van der Waals surface area contributed by atoms with Crippen molar-refractivity contribution in [2.75, 3.05) is 18.0 Å². The molecule has 0 spiro atoms. The first-order valence-corrected chi connectivity index (χ1v) is 5.44. The fraction of sp³-hybridized carbons (Fsp3) is 0.583. The van der Waals surface area contributed by atoms with Gasteiger partial charge in [-0.3, -0.25) is 0 Å². The minimum Gasteiger partial charge on any atom is -0.353 e. The van der Waals surface area contributed by atoms with Gasteiger partial charge in [-0.15, -0.1) is 0 Å². The maximum atomic E-state index is 5.74.